The highest BCUT2D eigenvalue weighted by atomic mass is 16.3. The van der Waals surface area contributed by atoms with Gasteiger partial charge >= 0.3 is 0 Å². The van der Waals surface area contributed by atoms with Crippen LogP contribution in [0.15, 0.2) is 41.8 Å². The van der Waals surface area contributed by atoms with Gasteiger partial charge in [-0.3, -0.25) is 9.91 Å². The van der Waals surface area contributed by atoms with Gasteiger partial charge in [-0.15, -0.1) is 0 Å². The molecule has 0 aliphatic carbocycles. The molecule has 0 saturated carbocycles. The lowest BCUT2D eigenvalue weighted by Crippen LogP contribution is -2.20. The fourth-order valence-corrected chi connectivity index (χ4v) is 1.25. The fourth-order valence-electron chi connectivity index (χ4n) is 1.25. The van der Waals surface area contributed by atoms with E-state index in [0.29, 0.717) is 0 Å². The monoisotopic (exact) mass is 189 g/mol. The topological polar surface area (TPSA) is 39.1 Å². The van der Waals surface area contributed by atoms with Crippen LogP contribution < -0.4 is 4.90 Å². The van der Waals surface area contributed by atoms with Gasteiger partial charge in [0.15, 0.2) is 0 Å². The van der Waals surface area contributed by atoms with Crippen LogP contribution in [0.5, 0.6) is 5.75 Å². The minimum Gasteiger partial charge on any atom is -0.508 e. The Balaban J connectivity index is 2.29. The number of aromatic hydroxyl groups is 1. The van der Waals surface area contributed by atoms with Gasteiger partial charge in [0.2, 0.25) is 0 Å². The molecule has 1 aromatic rings. The molecule has 14 heavy (non-hydrogen) atoms. The van der Waals surface area contributed by atoms with Crippen molar-refractivity contribution < 1.29 is 5.11 Å². The number of benzene rings is 1. The van der Waals surface area contributed by atoms with Gasteiger partial charge in [-0.1, -0.05) is 6.58 Å². The largest absolute Gasteiger partial charge is 0.508 e. The molecule has 1 aromatic carbocycles. The van der Waals surface area contributed by atoms with E-state index < -0.39 is 0 Å². The van der Waals surface area contributed by atoms with Gasteiger partial charge in [0.25, 0.3) is 0 Å². The van der Waals surface area contributed by atoms with Crippen LogP contribution in [0.2, 0.25) is 0 Å². The molecule has 0 atom stereocenters. The third kappa shape index (κ3) is 1.31. The van der Waals surface area contributed by atoms with E-state index in [1.165, 1.54) is 0 Å². The maximum atomic E-state index is 9.13. The summed E-state index contributed by atoms with van der Waals surface area (Å²) in [5.41, 5.74) is 0.931. The van der Waals surface area contributed by atoms with Crippen LogP contribution in [0.25, 0.3) is 0 Å². The molecular weight excluding hydrogens is 178 g/mol. The van der Waals surface area contributed by atoms with Crippen molar-refractivity contribution in [2.45, 2.75) is 0 Å². The normalized spacial score (nSPS) is 15.4. The Morgan fingerprint density at radius 1 is 1.29 bits per heavy atom. The minimum absolute atomic E-state index is 0.254. The van der Waals surface area contributed by atoms with Crippen molar-refractivity contribution in [1.29, 1.82) is 0 Å². The number of nitrogens with zero attached hydrogens (tertiary/aromatic N) is 3. The number of rotatable bonds is 1. The molecular formula is C10H11N3O. The highest BCUT2D eigenvalue weighted by molar-refractivity contribution is 5.84. The van der Waals surface area contributed by atoms with Crippen molar-refractivity contribution in [3.8, 4) is 5.75 Å². The average molecular weight is 189 g/mol. The lowest BCUT2D eigenvalue weighted by molar-refractivity contribution is 0.467. The molecule has 0 spiro atoms. The molecule has 1 N–H and O–H groups in total. The summed E-state index contributed by atoms with van der Waals surface area (Å²) in [4.78, 5) is 1.85. The van der Waals surface area contributed by atoms with Gasteiger partial charge in [-0.05, 0) is 24.3 Å². The number of hydrogen-bond acceptors (Lipinski definition) is 4. The van der Waals surface area contributed by atoms with E-state index in [0.717, 1.165) is 11.5 Å². The fraction of sp³-hybridized carbons (Fsp3) is 0.100. The SMILES string of the molecule is C=C1N(C)N=CN1c1ccc(O)cc1. The number of anilines is 1. The first-order valence-electron chi connectivity index (χ1n) is 4.23. The number of hydrazone groups is 1. The zero-order valence-electron chi connectivity index (χ0n) is 7.88. The summed E-state index contributed by atoms with van der Waals surface area (Å²) < 4.78 is 0. The van der Waals surface area contributed by atoms with Crippen molar-refractivity contribution in [2.24, 2.45) is 5.10 Å². The summed E-state index contributed by atoms with van der Waals surface area (Å²) in [7, 11) is 1.83. The maximum Gasteiger partial charge on any atom is 0.127 e. The zero-order chi connectivity index (χ0) is 10.1. The summed E-state index contributed by atoms with van der Waals surface area (Å²) in [5, 5.41) is 14.9. The second-order valence-electron chi connectivity index (χ2n) is 3.06. The Bertz CT molecular complexity index is 383. The lowest BCUT2D eigenvalue weighted by atomic mass is 10.3. The van der Waals surface area contributed by atoms with E-state index in [1.807, 2.05) is 24.1 Å². The molecule has 4 nitrogen and oxygen atoms in total. The van der Waals surface area contributed by atoms with Crippen LogP contribution in [0.1, 0.15) is 0 Å². The second kappa shape index (κ2) is 3.06. The van der Waals surface area contributed by atoms with Crippen LogP contribution >= 0.6 is 0 Å². The Kier molecular flexibility index (Phi) is 1.89. The first kappa shape index (κ1) is 8.62. The zero-order valence-corrected chi connectivity index (χ0v) is 7.88. The van der Waals surface area contributed by atoms with Crippen LogP contribution in [0.3, 0.4) is 0 Å². The Morgan fingerprint density at radius 2 is 1.93 bits per heavy atom. The highest BCUT2D eigenvalue weighted by Gasteiger charge is 2.16. The van der Waals surface area contributed by atoms with E-state index in [9.17, 15) is 0 Å². The molecule has 72 valence electrons. The van der Waals surface area contributed by atoms with Crippen LogP contribution in [0, 0.1) is 0 Å². The molecule has 0 unspecified atom stereocenters. The Labute approximate surface area is 82.4 Å². The third-order valence-electron chi connectivity index (χ3n) is 2.12. The summed E-state index contributed by atoms with van der Waals surface area (Å²) >= 11 is 0. The highest BCUT2D eigenvalue weighted by Crippen LogP contribution is 2.23. The van der Waals surface area contributed by atoms with Gasteiger partial charge in [0, 0.05) is 12.7 Å². The molecule has 1 heterocycles. The van der Waals surface area contributed by atoms with Gasteiger partial charge in [-0.2, -0.15) is 5.10 Å². The average Bonchev–Trinajstić information content (AvgIpc) is 2.50. The number of phenolic OH excluding ortho intramolecular Hbond substituents is 1. The van der Waals surface area contributed by atoms with Crippen LogP contribution in [-0.2, 0) is 0 Å². The first-order valence-corrected chi connectivity index (χ1v) is 4.23. The molecule has 0 amide bonds. The summed E-state index contributed by atoms with van der Waals surface area (Å²) in [6.07, 6.45) is 1.69. The maximum absolute atomic E-state index is 9.13. The van der Waals surface area contributed by atoms with Gasteiger partial charge < -0.3 is 5.11 Å². The molecule has 0 bridgehead atoms. The van der Waals surface area contributed by atoms with Gasteiger partial charge in [-0.25, -0.2) is 0 Å². The molecule has 1 aliphatic rings. The van der Waals surface area contributed by atoms with Crippen molar-refractivity contribution >= 4 is 12.0 Å². The second-order valence-corrected chi connectivity index (χ2v) is 3.06. The van der Waals surface area contributed by atoms with E-state index in [-0.39, 0.29) is 5.75 Å². The van der Waals surface area contributed by atoms with E-state index in [2.05, 4.69) is 11.7 Å². The number of hydrogen-bond donors (Lipinski definition) is 1. The van der Waals surface area contributed by atoms with Crippen LogP contribution in [0.4, 0.5) is 5.69 Å². The molecule has 0 radical (unpaired) electrons. The van der Waals surface area contributed by atoms with Crippen molar-refractivity contribution in [1.82, 2.24) is 5.01 Å². The molecule has 0 aromatic heterocycles. The van der Waals surface area contributed by atoms with Gasteiger partial charge in [0.1, 0.15) is 17.9 Å². The predicted molar refractivity (Wildman–Crippen MR) is 56.0 cm³/mol. The Hall–Kier alpha value is -1.97. The molecule has 0 saturated heterocycles. The van der Waals surface area contributed by atoms with Crippen molar-refractivity contribution in [2.75, 3.05) is 11.9 Å². The van der Waals surface area contributed by atoms with Crippen LogP contribution in [-0.4, -0.2) is 23.5 Å². The van der Waals surface area contributed by atoms with Crippen molar-refractivity contribution in [3.63, 3.8) is 0 Å². The molecule has 4 heteroatoms. The smallest absolute Gasteiger partial charge is 0.127 e. The standard InChI is InChI=1S/C10H11N3O/c1-8-12(2)11-7-13(8)9-3-5-10(14)6-4-9/h3-7,14H,1H2,2H3. The van der Waals surface area contributed by atoms with Gasteiger partial charge in [0.05, 0.1) is 0 Å². The third-order valence-corrected chi connectivity index (χ3v) is 2.12. The quantitative estimate of drug-likeness (QED) is 0.728. The molecule has 1 aliphatic heterocycles. The molecule has 0 fully saturated rings. The minimum atomic E-state index is 0.254. The first-order chi connectivity index (χ1) is 6.68. The summed E-state index contributed by atoms with van der Waals surface area (Å²) in [6.45, 7) is 3.88. The lowest BCUT2D eigenvalue weighted by Gasteiger charge is -2.18. The van der Waals surface area contributed by atoms with E-state index in [4.69, 9.17) is 5.11 Å². The van der Waals surface area contributed by atoms with E-state index >= 15 is 0 Å². The van der Waals surface area contributed by atoms with Crippen molar-refractivity contribution in [3.05, 3.63) is 36.7 Å². The molecule has 2 rings (SSSR count). The summed E-state index contributed by atoms with van der Waals surface area (Å²) in [5.74, 6) is 1.04. The number of phenols is 1. The van der Waals surface area contributed by atoms with E-state index in [1.54, 1.807) is 23.5 Å². The Morgan fingerprint density at radius 3 is 2.43 bits per heavy atom. The predicted octanol–water partition coefficient (Wildman–Crippen LogP) is 1.56. The summed E-state index contributed by atoms with van der Waals surface area (Å²) in [6, 6.07) is 6.89.